The number of amides is 1. The molecule has 128 valence electrons. The molecule has 3 saturated heterocycles. The van der Waals surface area contributed by atoms with Crippen molar-refractivity contribution in [2.75, 3.05) is 25.0 Å². The molecule has 1 amide bonds. The molecule has 0 radical (unpaired) electrons. The van der Waals surface area contributed by atoms with Crippen molar-refractivity contribution in [3.05, 3.63) is 48.8 Å². The SMILES string of the molecule is Cl.O=C(Nc1ccccc1-n1cccc1)OC1CN2CCC1CC2. The fourth-order valence-corrected chi connectivity index (χ4v) is 3.62. The first-order valence-corrected chi connectivity index (χ1v) is 8.22. The number of para-hydroxylation sites is 2. The Kier molecular flexibility index (Phi) is 5.11. The molecule has 0 spiro atoms. The van der Waals surface area contributed by atoms with Gasteiger partial charge in [-0.2, -0.15) is 0 Å². The number of nitrogens with one attached hydrogen (secondary N) is 1. The second-order valence-corrected chi connectivity index (χ2v) is 6.31. The third-order valence-electron chi connectivity index (χ3n) is 4.88. The summed E-state index contributed by atoms with van der Waals surface area (Å²) in [5.41, 5.74) is 1.69. The van der Waals surface area contributed by atoms with E-state index in [-0.39, 0.29) is 24.6 Å². The van der Waals surface area contributed by atoms with Crippen molar-refractivity contribution >= 4 is 24.2 Å². The summed E-state index contributed by atoms with van der Waals surface area (Å²) in [5, 5.41) is 2.91. The molecular weight excluding hydrogens is 326 g/mol. The fourth-order valence-electron chi connectivity index (χ4n) is 3.62. The minimum absolute atomic E-state index is 0. The Bertz CT molecular complexity index is 681. The lowest BCUT2D eigenvalue weighted by atomic mass is 9.86. The number of halogens is 1. The second-order valence-electron chi connectivity index (χ2n) is 6.31. The Morgan fingerprint density at radius 3 is 2.46 bits per heavy atom. The molecule has 3 aliphatic rings. The van der Waals surface area contributed by atoms with Gasteiger partial charge in [-0.1, -0.05) is 12.1 Å². The fraction of sp³-hybridized carbons (Fsp3) is 0.389. The van der Waals surface area contributed by atoms with Gasteiger partial charge in [-0.3, -0.25) is 10.2 Å². The molecule has 0 aliphatic carbocycles. The van der Waals surface area contributed by atoms with Gasteiger partial charge in [0.2, 0.25) is 0 Å². The van der Waals surface area contributed by atoms with Gasteiger partial charge in [0.05, 0.1) is 11.4 Å². The number of carbonyl (C=O) groups is 1. The van der Waals surface area contributed by atoms with E-state index in [0.717, 1.165) is 43.9 Å². The average molecular weight is 348 g/mol. The molecule has 3 fully saturated rings. The van der Waals surface area contributed by atoms with Crippen LogP contribution in [0.2, 0.25) is 0 Å². The lowest BCUT2D eigenvalue weighted by molar-refractivity contribution is -0.0289. The minimum atomic E-state index is -0.358. The normalized spacial score (nSPS) is 24.9. The van der Waals surface area contributed by atoms with Gasteiger partial charge < -0.3 is 9.30 Å². The molecule has 1 unspecified atom stereocenters. The van der Waals surface area contributed by atoms with Crippen LogP contribution in [0.5, 0.6) is 0 Å². The smallest absolute Gasteiger partial charge is 0.412 e. The maximum atomic E-state index is 12.3. The number of hydrogen-bond acceptors (Lipinski definition) is 3. The third kappa shape index (κ3) is 3.42. The Hall–Kier alpha value is -1.98. The molecule has 3 aliphatic heterocycles. The van der Waals surface area contributed by atoms with Crippen molar-refractivity contribution in [2.45, 2.75) is 18.9 Å². The number of fused-ring (bicyclic) bond motifs is 3. The molecule has 0 saturated carbocycles. The highest BCUT2D eigenvalue weighted by Gasteiger charge is 2.36. The summed E-state index contributed by atoms with van der Waals surface area (Å²) in [6.45, 7) is 3.16. The summed E-state index contributed by atoms with van der Waals surface area (Å²) in [4.78, 5) is 14.7. The topological polar surface area (TPSA) is 46.5 Å². The summed E-state index contributed by atoms with van der Waals surface area (Å²) in [6, 6.07) is 11.7. The van der Waals surface area contributed by atoms with Crippen molar-refractivity contribution < 1.29 is 9.53 Å². The monoisotopic (exact) mass is 347 g/mol. The zero-order valence-corrected chi connectivity index (χ0v) is 14.2. The number of anilines is 1. The van der Waals surface area contributed by atoms with E-state index in [9.17, 15) is 4.79 Å². The zero-order valence-electron chi connectivity index (χ0n) is 13.4. The minimum Gasteiger partial charge on any atom is -0.444 e. The maximum Gasteiger partial charge on any atom is 0.412 e. The number of benzene rings is 1. The quantitative estimate of drug-likeness (QED) is 0.923. The van der Waals surface area contributed by atoms with Crippen molar-refractivity contribution in [1.29, 1.82) is 0 Å². The number of nitrogens with zero attached hydrogens (tertiary/aromatic N) is 2. The third-order valence-corrected chi connectivity index (χ3v) is 4.88. The molecule has 2 aromatic rings. The van der Waals surface area contributed by atoms with Crippen molar-refractivity contribution in [3.63, 3.8) is 0 Å². The summed E-state index contributed by atoms with van der Waals surface area (Å²) in [6.07, 6.45) is 5.86. The van der Waals surface area contributed by atoms with Gasteiger partial charge in [0.1, 0.15) is 6.10 Å². The van der Waals surface area contributed by atoms with Crippen LogP contribution in [0.1, 0.15) is 12.8 Å². The summed E-state index contributed by atoms with van der Waals surface area (Å²) < 4.78 is 7.68. The van der Waals surface area contributed by atoms with E-state index in [1.165, 1.54) is 0 Å². The first-order chi connectivity index (χ1) is 11.3. The van der Waals surface area contributed by atoms with Crippen molar-refractivity contribution in [2.24, 2.45) is 5.92 Å². The number of aromatic nitrogens is 1. The summed E-state index contributed by atoms with van der Waals surface area (Å²) in [5.74, 6) is 0.519. The number of hydrogen-bond donors (Lipinski definition) is 1. The van der Waals surface area contributed by atoms with Gasteiger partial charge in [0.15, 0.2) is 0 Å². The van der Waals surface area contributed by atoms with Crippen LogP contribution in [0.25, 0.3) is 5.69 Å². The number of ether oxygens (including phenoxy) is 1. The molecular formula is C18H22ClN3O2. The van der Waals surface area contributed by atoms with Crippen LogP contribution in [0, 0.1) is 5.92 Å². The van der Waals surface area contributed by atoms with E-state index in [4.69, 9.17) is 4.74 Å². The highest BCUT2D eigenvalue weighted by Crippen LogP contribution is 2.30. The Labute approximate surface area is 148 Å². The standard InChI is InChI=1S/C18H21N3O2.ClH/c22-18(23-17-13-20-11-7-14(17)8-12-20)19-15-5-1-2-6-16(15)21-9-3-4-10-21;/h1-6,9-10,14,17H,7-8,11-13H2,(H,19,22);1H. The first-order valence-electron chi connectivity index (χ1n) is 8.22. The van der Waals surface area contributed by atoms with Gasteiger partial charge in [-0.05, 0) is 56.1 Å². The van der Waals surface area contributed by atoms with E-state index < -0.39 is 0 Å². The Morgan fingerprint density at radius 1 is 1.08 bits per heavy atom. The van der Waals surface area contributed by atoms with E-state index in [1.807, 2.05) is 53.4 Å². The average Bonchev–Trinajstić information content (AvgIpc) is 3.11. The van der Waals surface area contributed by atoms with Crippen LogP contribution < -0.4 is 5.32 Å². The van der Waals surface area contributed by atoms with E-state index in [0.29, 0.717) is 5.92 Å². The summed E-state index contributed by atoms with van der Waals surface area (Å²) in [7, 11) is 0. The molecule has 6 heteroatoms. The lowest BCUT2D eigenvalue weighted by Crippen LogP contribution is -2.52. The highest BCUT2D eigenvalue weighted by atomic mass is 35.5. The molecule has 1 atom stereocenters. The number of rotatable bonds is 3. The molecule has 4 heterocycles. The molecule has 1 aromatic carbocycles. The number of carbonyl (C=O) groups excluding carboxylic acids is 1. The van der Waals surface area contributed by atoms with Crippen LogP contribution in [0.4, 0.5) is 10.5 Å². The molecule has 2 bridgehead atoms. The zero-order chi connectivity index (χ0) is 15.6. The first kappa shape index (κ1) is 16.9. The molecule has 1 aromatic heterocycles. The van der Waals surface area contributed by atoms with Gasteiger partial charge in [0, 0.05) is 18.9 Å². The predicted molar refractivity (Wildman–Crippen MR) is 96.1 cm³/mol. The maximum absolute atomic E-state index is 12.3. The molecule has 24 heavy (non-hydrogen) atoms. The predicted octanol–water partition coefficient (Wildman–Crippen LogP) is 3.54. The van der Waals surface area contributed by atoms with Crippen molar-refractivity contribution in [1.82, 2.24) is 9.47 Å². The molecule has 5 rings (SSSR count). The van der Waals surface area contributed by atoms with Crippen LogP contribution in [-0.2, 0) is 4.74 Å². The Balaban J connectivity index is 0.00000169. The molecule has 1 N–H and O–H groups in total. The van der Waals surface area contributed by atoms with Gasteiger partial charge >= 0.3 is 6.09 Å². The van der Waals surface area contributed by atoms with Crippen molar-refractivity contribution in [3.8, 4) is 5.69 Å². The lowest BCUT2D eigenvalue weighted by Gasteiger charge is -2.43. The Morgan fingerprint density at radius 2 is 1.79 bits per heavy atom. The van der Waals surface area contributed by atoms with E-state index >= 15 is 0 Å². The largest absolute Gasteiger partial charge is 0.444 e. The number of piperidine rings is 3. The van der Waals surface area contributed by atoms with Crippen LogP contribution in [0.15, 0.2) is 48.8 Å². The van der Waals surface area contributed by atoms with Gasteiger partial charge in [-0.25, -0.2) is 4.79 Å². The highest BCUT2D eigenvalue weighted by molar-refractivity contribution is 5.87. The van der Waals surface area contributed by atoms with Gasteiger partial charge in [-0.15, -0.1) is 12.4 Å². The molecule has 5 nitrogen and oxygen atoms in total. The van der Waals surface area contributed by atoms with Crippen LogP contribution in [-0.4, -0.2) is 41.3 Å². The van der Waals surface area contributed by atoms with E-state index in [2.05, 4.69) is 10.2 Å². The van der Waals surface area contributed by atoms with Gasteiger partial charge in [0.25, 0.3) is 0 Å². The van der Waals surface area contributed by atoms with E-state index in [1.54, 1.807) is 0 Å². The van der Waals surface area contributed by atoms with Crippen LogP contribution >= 0.6 is 12.4 Å². The van der Waals surface area contributed by atoms with Crippen LogP contribution in [0.3, 0.4) is 0 Å². The summed E-state index contributed by atoms with van der Waals surface area (Å²) >= 11 is 0. The second kappa shape index (κ2) is 7.28.